The van der Waals surface area contributed by atoms with Gasteiger partial charge in [-0.3, -0.25) is 9.69 Å². The summed E-state index contributed by atoms with van der Waals surface area (Å²) in [5, 5.41) is 3.01. The van der Waals surface area contributed by atoms with Gasteiger partial charge in [0.05, 0.1) is 13.2 Å². The Kier molecular flexibility index (Phi) is 8.85. The molecule has 0 aliphatic carbocycles. The number of benzene rings is 1. The van der Waals surface area contributed by atoms with Crippen LogP contribution in [-0.4, -0.2) is 50.2 Å². The molecule has 1 fully saturated rings. The Morgan fingerprint density at radius 1 is 1.08 bits per heavy atom. The number of aryl methyl sites for hydroxylation is 1. The first-order valence-corrected chi connectivity index (χ1v) is 9.47. The van der Waals surface area contributed by atoms with E-state index in [1.165, 1.54) is 37.7 Å². The molecular weight excluding hydrogens is 300 g/mol. The van der Waals surface area contributed by atoms with Crippen LogP contribution in [0.5, 0.6) is 0 Å². The van der Waals surface area contributed by atoms with Crippen molar-refractivity contribution in [3.8, 4) is 0 Å². The molecule has 2 rings (SSSR count). The maximum atomic E-state index is 12.2. The highest BCUT2D eigenvalue weighted by Gasteiger charge is 2.10. The molecule has 0 atom stereocenters. The smallest absolute Gasteiger partial charge is 0.251 e. The van der Waals surface area contributed by atoms with Gasteiger partial charge in [-0.1, -0.05) is 44.7 Å². The Balaban J connectivity index is 1.64. The van der Waals surface area contributed by atoms with Gasteiger partial charge in [0.2, 0.25) is 0 Å². The number of carbonyl (C=O) groups excluding carboxylic acids is 1. The molecule has 0 spiro atoms. The summed E-state index contributed by atoms with van der Waals surface area (Å²) in [6, 6.07) is 8.09. The second kappa shape index (κ2) is 11.2. The summed E-state index contributed by atoms with van der Waals surface area (Å²) in [5.41, 5.74) is 2.09. The Morgan fingerprint density at radius 3 is 2.50 bits per heavy atom. The first kappa shape index (κ1) is 18.9. The van der Waals surface area contributed by atoms with Crippen molar-refractivity contribution in [1.82, 2.24) is 10.2 Å². The van der Waals surface area contributed by atoms with Crippen molar-refractivity contribution in [2.24, 2.45) is 0 Å². The van der Waals surface area contributed by atoms with Crippen molar-refractivity contribution in [3.63, 3.8) is 0 Å². The predicted molar refractivity (Wildman–Crippen MR) is 98.5 cm³/mol. The Morgan fingerprint density at radius 2 is 1.79 bits per heavy atom. The Hall–Kier alpha value is -1.39. The molecule has 24 heavy (non-hydrogen) atoms. The molecule has 4 heteroatoms. The van der Waals surface area contributed by atoms with Crippen LogP contribution in [0.4, 0.5) is 0 Å². The van der Waals surface area contributed by atoms with E-state index in [0.29, 0.717) is 6.54 Å². The van der Waals surface area contributed by atoms with Gasteiger partial charge >= 0.3 is 0 Å². The monoisotopic (exact) mass is 332 g/mol. The number of nitrogens with zero attached hydrogens (tertiary/aromatic N) is 1. The molecule has 0 bridgehead atoms. The van der Waals surface area contributed by atoms with E-state index in [2.05, 4.69) is 29.3 Å². The number of amides is 1. The molecule has 4 nitrogen and oxygen atoms in total. The van der Waals surface area contributed by atoms with Crippen molar-refractivity contribution in [3.05, 3.63) is 35.4 Å². The molecule has 1 aromatic rings. The summed E-state index contributed by atoms with van der Waals surface area (Å²) < 4.78 is 5.33. The predicted octanol–water partition coefficient (Wildman–Crippen LogP) is 3.26. The van der Waals surface area contributed by atoms with Gasteiger partial charge in [0.15, 0.2) is 0 Å². The fraction of sp³-hybridized carbons (Fsp3) is 0.650. The molecule has 0 unspecified atom stereocenters. The van der Waals surface area contributed by atoms with Crippen LogP contribution in [-0.2, 0) is 11.2 Å². The molecule has 0 radical (unpaired) electrons. The third-order valence-corrected chi connectivity index (χ3v) is 4.60. The molecule has 0 saturated carbocycles. The van der Waals surface area contributed by atoms with Crippen LogP contribution in [0.15, 0.2) is 24.3 Å². The second-order valence-corrected chi connectivity index (χ2v) is 6.57. The quantitative estimate of drug-likeness (QED) is 0.669. The average molecular weight is 332 g/mol. The molecule has 1 heterocycles. The number of morpholine rings is 1. The number of unbranched alkanes of at least 4 members (excludes halogenated alkanes) is 4. The first-order valence-electron chi connectivity index (χ1n) is 9.47. The maximum Gasteiger partial charge on any atom is 0.251 e. The molecule has 1 aliphatic rings. The number of rotatable bonds is 10. The number of ether oxygens (including phenoxy) is 1. The van der Waals surface area contributed by atoms with E-state index < -0.39 is 0 Å². The van der Waals surface area contributed by atoms with Crippen LogP contribution >= 0.6 is 0 Å². The number of hydrogen-bond acceptors (Lipinski definition) is 3. The van der Waals surface area contributed by atoms with E-state index in [1.807, 2.05) is 12.1 Å². The standard InChI is InChI=1S/C20H32N2O2/c1-2-3-4-5-6-7-18-8-10-19(11-9-18)20(23)21-12-13-22-14-16-24-17-15-22/h8-11H,2-7,12-17H2,1H3,(H,21,23). The fourth-order valence-electron chi connectivity index (χ4n) is 3.01. The molecule has 0 aromatic heterocycles. The van der Waals surface area contributed by atoms with E-state index in [4.69, 9.17) is 4.74 Å². The summed E-state index contributed by atoms with van der Waals surface area (Å²) >= 11 is 0. The zero-order valence-electron chi connectivity index (χ0n) is 15.1. The number of nitrogens with one attached hydrogen (secondary N) is 1. The van der Waals surface area contributed by atoms with Crippen LogP contribution < -0.4 is 5.32 Å². The fourth-order valence-corrected chi connectivity index (χ4v) is 3.01. The minimum Gasteiger partial charge on any atom is -0.379 e. The van der Waals surface area contributed by atoms with E-state index in [1.54, 1.807) is 0 Å². The molecule has 1 amide bonds. The maximum absolute atomic E-state index is 12.2. The lowest BCUT2D eigenvalue weighted by atomic mass is 10.0. The summed E-state index contributed by atoms with van der Waals surface area (Å²) in [5.74, 6) is 0.0257. The van der Waals surface area contributed by atoms with Gasteiger partial charge in [-0.15, -0.1) is 0 Å². The van der Waals surface area contributed by atoms with E-state index in [0.717, 1.165) is 44.8 Å². The van der Waals surface area contributed by atoms with Gasteiger partial charge in [0, 0.05) is 31.7 Å². The van der Waals surface area contributed by atoms with Crippen molar-refractivity contribution in [2.75, 3.05) is 39.4 Å². The normalized spacial score (nSPS) is 15.4. The van der Waals surface area contributed by atoms with Gasteiger partial charge in [0.25, 0.3) is 5.91 Å². The average Bonchev–Trinajstić information content (AvgIpc) is 2.63. The van der Waals surface area contributed by atoms with Crippen LogP contribution in [0.1, 0.15) is 54.9 Å². The highest BCUT2D eigenvalue weighted by Crippen LogP contribution is 2.10. The third kappa shape index (κ3) is 7.02. The second-order valence-electron chi connectivity index (χ2n) is 6.57. The van der Waals surface area contributed by atoms with Crippen molar-refractivity contribution >= 4 is 5.91 Å². The van der Waals surface area contributed by atoms with Crippen molar-refractivity contribution < 1.29 is 9.53 Å². The minimum atomic E-state index is 0.0257. The Labute approximate surface area is 146 Å². The van der Waals surface area contributed by atoms with Crippen LogP contribution in [0.3, 0.4) is 0 Å². The van der Waals surface area contributed by atoms with E-state index in [-0.39, 0.29) is 5.91 Å². The molecule has 1 aromatic carbocycles. The van der Waals surface area contributed by atoms with Gasteiger partial charge in [-0.05, 0) is 30.5 Å². The minimum absolute atomic E-state index is 0.0257. The van der Waals surface area contributed by atoms with Crippen molar-refractivity contribution in [2.45, 2.75) is 45.4 Å². The van der Waals surface area contributed by atoms with Gasteiger partial charge in [-0.25, -0.2) is 0 Å². The zero-order chi connectivity index (χ0) is 17.0. The lowest BCUT2D eigenvalue weighted by Gasteiger charge is -2.26. The highest BCUT2D eigenvalue weighted by molar-refractivity contribution is 5.94. The van der Waals surface area contributed by atoms with E-state index in [9.17, 15) is 4.79 Å². The molecule has 1 N–H and O–H groups in total. The molecule has 1 saturated heterocycles. The number of carbonyl (C=O) groups is 1. The van der Waals surface area contributed by atoms with Gasteiger partial charge in [-0.2, -0.15) is 0 Å². The summed E-state index contributed by atoms with van der Waals surface area (Å²) in [6.45, 7) is 7.35. The van der Waals surface area contributed by atoms with E-state index >= 15 is 0 Å². The lowest BCUT2D eigenvalue weighted by molar-refractivity contribution is 0.0383. The van der Waals surface area contributed by atoms with Crippen LogP contribution in [0.2, 0.25) is 0 Å². The van der Waals surface area contributed by atoms with Gasteiger partial charge < -0.3 is 10.1 Å². The van der Waals surface area contributed by atoms with Gasteiger partial charge in [0.1, 0.15) is 0 Å². The lowest BCUT2D eigenvalue weighted by Crippen LogP contribution is -2.41. The molecular formula is C20H32N2O2. The highest BCUT2D eigenvalue weighted by atomic mass is 16.5. The summed E-state index contributed by atoms with van der Waals surface area (Å²) in [4.78, 5) is 14.5. The topological polar surface area (TPSA) is 41.6 Å². The number of hydrogen-bond donors (Lipinski definition) is 1. The SMILES string of the molecule is CCCCCCCc1ccc(C(=O)NCCN2CCOCC2)cc1. The third-order valence-electron chi connectivity index (χ3n) is 4.60. The largest absolute Gasteiger partial charge is 0.379 e. The summed E-state index contributed by atoms with van der Waals surface area (Å²) in [7, 11) is 0. The van der Waals surface area contributed by atoms with Crippen LogP contribution in [0, 0.1) is 0 Å². The molecule has 134 valence electrons. The molecule has 1 aliphatic heterocycles. The summed E-state index contributed by atoms with van der Waals surface area (Å²) in [6.07, 6.45) is 7.62. The van der Waals surface area contributed by atoms with Crippen LogP contribution in [0.25, 0.3) is 0 Å². The first-order chi connectivity index (χ1) is 11.8. The van der Waals surface area contributed by atoms with Crippen molar-refractivity contribution in [1.29, 1.82) is 0 Å². The zero-order valence-corrected chi connectivity index (χ0v) is 15.1. The Bertz CT molecular complexity index is 467.